The molecule has 1 atom stereocenters. The largest absolute Gasteiger partial charge is 0.377 e. The topological polar surface area (TPSA) is 24.5 Å². The van der Waals surface area contributed by atoms with Crippen LogP contribution in [0.1, 0.15) is 24.0 Å². The molecule has 110 valence electrons. The predicted octanol–water partition coefficient (Wildman–Crippen LogP) is 1.86. The summed E-state index contributed by atoms with van der Waals surface area (Å²) < 4.78 is 5.63. The van der Waals surface area contributed by atoms with Gasteiger partial charge in [-0.1, -0.05) is 24.3 Å². The number of hydrogen-bond acceptors (Lipinski definition) is 3. The first kappa shape index (κ1) is 14.1. The van der Waals surface area contributed by atoms with Gasteiger partial charge in [0, 0.05) is 39.3 Å². The number of ether oxygens (including phenoxy) is 1. The molecule has 1 unspecified atom stereocenters. The zero-order valence-corrected chi connectivity index (χ0v) is 12.3. The van der Waals surface area contributed by atoms with Gasteiger partial charge in [-0.05, 0) is 36.8 Å². The Morgan fingerprint density at radius 3 is 2.55 bits per heavy atom. The van der Waals surface area contributed by atoms with E-state index >= 15 is 0 Å². The highest BCUT2D eigenvalue weighted by molar-refractivity contribution is 5.28. The average molecular weight is 274 g/mol. The SMILES string of the molecule is c1ccc2c(c1)CCN(CCNCC1CCCO1)CC2. The highest BCUT2D eigenvalue weighted by Crippen LogP contribution is 2.15. The maximum absolute atomic E-state index is 5.63. The van der Waals surface area contributed by atoms with Gasteiger partial charge in [0.1, 0.15) is 0 Å². The van der Waals surface area contributed by atoms with Gasteiger partial charge in [0.2, 0.25) is 0 Å². The van der Waals surface area contributed by atoms with Crippen molar-refractivity contribution in [3.8, 4) is 0 Å². The number of rotatable bonds is 5. The molecule has 1 N–H and O–H groups in total. The van der Waals surface area contributed by atoms with Crippen LogP contribution in [0.5, 0.6) is 0 Å². The van der Waals surface area contributed by atoms with Crippen LogP contribution >= 0.6 is 0 Å². The number of nitrogens with zero attached hydrogens (tertiary/aromatic N) is 1. The van der Waals surface area contributed by atoms with Crippen molar-refractivity contribution in [1.29, 1.82) is 0 Å². The fourth-order valence-corrected chi connectivity index (χ4v) is 3.24. The molecule has 3 rings (SSSR count). The summed E-state index contributed by atoms with van der Waals surface area (Å²) >= 11 is 0. The lowest BCUT2D eigenvalue weighted by molar-refractivity contribution is 0.109. The van der Waals surface area contributed by atoms with Crippen molar-refractivity contribution in [1.82, 2.24) is 10.2 Å². The van der Waals surface area contributed by atoms with E-state index in [1.807, 2.05) is 0 Å². The molecule has 2 aliphatic heterocycles. The van der Waals surface area contributed by atoms with E-state index in [1.165, 1.54) is 38.8 Å². The van der Waals surface area contributed by atoms with Gasteiger partial charge in [0.15, 0.2) is 0 Å². The first-order valence-corrected chi connectivity index (χ1v) is 8.03. The zero-order valence-electron chi connectivity index (χ0n) is 12.3. The molecule has 0 bridgehead atoms. The summed E-state index contributed by atoms with van der Waals surface area (Å²) in [6.45, 7) is 6.60. The molecule has 1 fully saturated rings. The quantitative estimate of drug-likeness (QED) is 0.830. The van der Waals surface area contributed by atoms with Crippen LogP contribution in [0.15, 0.2) is 24.3 Å². The lowest BCUT2D eigenvalue weighted by Gasteiger charge is -2.20. The summed E-state index contributed by atoms with van der Waals surface area (Å²) in [5, 5.41) is 3.55. The number of nitrogens with one attached hydrogen (secondary N) is 1. The van der Waals surface area contributed by atoms with Crippen molar-refractivity contribution in [2.24, 2.45) is 0 Å². The maximum atomic E-state index is 5.63. The van der Waals surface area contributed by atoms with Crippen molar-refractivity contribution in [2.45, 2.75) is 31.8 Å². The third-order valence-corrected chi connectivity index (χ3v) is 4.51. The summed E-state index contributed by atoms with van der Waals surface area (Å²) in [7, 11) is 0. The summed E-state index contributed by atoms with van der Waals surface area (Å²) in [5.74, 6) is 0. The lowest BCUT2D eigenvalue weighted by Crippen LogP contribution is -2.36. The highest BCUT2D eigenvalue weighted by atomic mass is 16.5. The molecule has 0 radical (unpaired) electrons. The average Bonchev–Trinajstić information content (AvgIpc) is 2.91. The van der Waals surface area contributed by atoms with E-state index < -0.39 is 0 Å². The van der Waals surface area contributed by atoms with Gasteiger partial charge in [0.25, 0.3) is 0 Å². The summed E-state index contributed by atoms with van der Waals surface area (Å²) in [5.41, 5.74) is 3.09. The minimum Gasteiger partial charge on any atom is -0.377 e. The van der Waals surface area contributed by atoms with Gasteiger partial charge in [-0.2, -0.15) is 0 Å². The normalized spacial score (nSPS) is 23.5. The molecule has 0 spiro atoms. The smallest absolute Gasteiger partial charge is 0.0700 e. The molecule has 1 aromatic carbocycles. The molecule has 0 saturated carbocycles. The van der Waals surface area contributed by atoms with Gasteiger partial charge in [-0.25, -0.2) is 0 Å². The fourth-order valence-electron chi connectivity index (χ4n) is 3.24. The van der Waals surface area contributed by atoms with Gasteiger partial charge in [-0.15, -0.1) is 0 Å². The third kappa shape index (κ3) is 3.81. The molecule has 1 aromatic rings. The van der Waals surface area contributed by atoms with Crippen LogP contribution in [-0.2, 0) is 17.6 Å². The summed E-state index contributed by atoms with van der Waals surface area (Å²) in [6, 6.07) is 8.90. The number of benzene rings is 1. The van der Waals surface area contributed by atoms with Crippen LogP contribution < -0.4 is 5.32 Å². The minimum absolute atomic E-state index is 0.461. The Bertz CT molecular complexity index is 388. The Balaban J connectivity index is 1.37. The molecule has 3 nitrogen and oxygen atoms in total. The first-order valence-electron chi connectivity index (χ1n) is 8.03. The van der Waals surface area contributed by atoms with Crippen LogP contribution in [0.3, 0.4) is 0 Å². The van der Waals surface area contributed by atoms with Crippen molar-refractivity contribution in [3.05, 3.63) is 35.4 Å². The second-order valence-electron chi connectivity index (χ2n) is 5.95. The van der Waals surface area contributed by atoms with E-state index in [-0.39, 0.29) is 0 Å². The monoisotopic (exact) mass is 274 g/mol. The molecule has 3 heteroatoms. The minimum atomic E-state index is 0.461. The van der Waals surface area contributed by atoms with Crippen molar-refractivity contribution >= 4 is 0 Å². The first-order chi connectivity index (χ1) is 9.92. The second kappa shape index (κ2) is 7.21. The van der Waals surface area contributed by atoms with Crippen molar-refractivity contribution in [3.63, 3.8) is 0 Å². The van der Waals surface area contributed by atoms with Gasteiger partial charge < -0.3 is 15.0 Å². The zero-order chi connectivity index (χ0) is 13.6. The second-order valence-corrected chi connectivity index (χ2v) is 5.95. The van der Waals surface area contributed by atoms with E-state index in [4.69, 9.17) is 4.74 Å². The summed E-state index contributed by atoms with van der Waals surface area (Å²) in [6.07, 6.45) is 5.32. The van der Waals surface area contributed by atoms with Crippen LogP contribution in [0.25, 0.3) is 0 Å². The number of hydrogen-bond donors (Lipinski definition) is 1. The van der Waals surface area contributed by atoms with Gasteiger partial charge in [0.05, 0.1) is 6.10 Å². The van der Waals surface area contributed by atoms with Crippen LogP contribution in [0, 0.1) is 0 Å². The molecular weight excluding hydrogens is 248 g/mol. The van der Waals surface area contributed by atoms with Crippen LogP contribution in [0.4, 0.5) is 0 Å². The summed E-state index contributed by atoms with van der Waals surface area (Å²) in [4.78, 5) is 2.59. The van der Waals surface area contributed by atoms with Crippen LogP contribution in [0.2, 0.25) is 0 Å². The Kier molecular flexibility index (Phi) is 5.06. The lowest BCUT2D eigenvalue weighted by atomic mass is 10.0. The number of fused-ring (bicyclic) bond motifs is 1. The molecular formula is C17H26N2O. The molecule has 2 aliphatic rings. The molecule has 1 saturated heterocycles. The molecule has 0 aliphatic carbocycles. The van der Waals surface area contributed by atoms with E-state index in [0.29, 0.717) is 6.10 Å². The fraction of sp³-hybridized carbons (Fsp3) is 0.647. The highest BCUT2D eigenvalue weighted by Gasteiger charge is 2.15. The Labute approximate surface area is 122 Å². The Morgan fingerprint density at radius 2 is 1.90 bits per heavy atom. The van der Waals surface area contributed by atoms with Crippen LogP contribution in [-0.4, -0.2) is 50.3 Å². The third-order valence-electron chi connectivity index (χ3n) is 4.51. The molecule has 20 heavy (non-hydrogen) atoms. The molecule has 2 heterocycles. The van der Waals surface area contributed by atoms with Gasteiger partial charge in [-0.3, -0.25) is 0 Å². The molecule has 0 amide bonds. The van der Waals surface area contributed by atoms with Gasteiger partial charge >= 0.3 is 0 Å². The standard InChI is InChI=1S/C17H26N2O/c1-2-5-16-8-11-19(10-7-15(16)4-1)12-9-18-14-17-6-3-13-20-17/h1-2,4-5,17-18H,3,6-14H2. The Hall–Kier alpha value is -0.900. The van der Waals surface area contributed by atoms with E-state index in [9.17, 15) is 0 Å². The predicted molar refractivity (Wildman–Crippen MR) is 82.1 cm³/mol. The Morgan fingerprint density at radius 1 is 1.15 bits per heavy atom. The van der Waals surface area contributed by atoms with E-state index in [2.05, 4.69) is 34.5 Å². The van der Waals surface area contributed by atoms with Crippen molar-refractivity contribution in [2.75, 3.05) is 39.3 Å². The molecule has 0 aromatic heterocycles. The van der Waals surface area contributed by atoms with Crippen molar-refractivity contribution < 1.29 is 4.74 Å². The maximum Gasteiger partial charge on any atom is 0.0700 e. The van der Waals surface area contributed by atoms with E-state index in [1.54, 1.807) is 11.1 Å². The van der Waals surface area contributed by atoms with E-state index in [0.717, 1.165) is 26.2 Å².